The van der Waals surface area contributed by atoms with Crippen LogP contribution < -0.4 is 5.32 Å². The summed E-state index contributed by atoms with van der Waals surface area (Å²) in [6.45, 7) is 2.25. The largest absolute Gasteiger partial charge is 0.366 e. The van der Waals surface area contributed by atoms with Gasteiger partial charge in [-0.2, -0.15) is 16.2 Å². The summed E-state index contributed by atoms with van der Waals surface area (Å²) in [4.78, 5) is 3.80. The predicted octanol–water partition coefficient (Wildman–Crippen LogP) is 2.92. The van der Waals surface area contributed by atoms with Crippen LogP contribution in [0.5, 0.6) is 0 Å². The van der Waals surface area contributed by atoms with E-state index in [2.05, 4.69) is 17.2 Å². The van der Waals surface area contributed by atoms with Gasteiger partial charge in [0.25, 0.3) is 0 Å². The molecule has 2 nitrogen and oxygen atoms in total. The number of nitrogens with one attached hydrogen (secondary N) is 1. The molecule has 2 unspecified atom stereocenters. The van der Waals surface area contributed by atoms with Crippen molar-refractivity contribution in [2.75, 3.05) is 11.1 Å². The Morgan fingerprint density at radius 3 is 3.00 bits per heavy atom. The molecule has 15 heavy (non-hydrogen) atoms. The Kier molecular flexibility index (Phi) is 3.46. The monoisotopic (exact) mass is 226 g/mol. The minimum atomic E-state index is -0.420. The van der Waals surface area contributed by atoms with Crippen LogP contribution in [0, 0.1) is 5.95 Å². The molecule has 2 heterocycles. The molecule has 2 rings (SSSR count). The summed E-state index contributed by atoms with van der Waals surface area (Å²) in [5.41, 5.74) is 0. The number of rotatable bonds is 2. The van der Waals surface area contributed by atoms with Crippen molar-refractivity contribution in [3.05, 3.63) is 24.1 Å². The van der Waals surface area contributed by atoms with Gasteiger partial charge >= 0.3 is 0 Å². The van der Waals surface area contributed by atoms with Crippen LogP contribution in [-0.2, 0) is 0 Å². The Hall–Kier alpha value is -0.770. The van der Waals surface area contributed by atoms with Crippen LogP contribution in [0.3, 0.4) is 0 Å². The smallest absolute Gasteiger partial charge is 0.214 e. The number of nitrogens with zero attached hydrogens (tertiary/aromatic N) is 1. The maximum absolute atomic E-state index is 12.8. The highest BCUT2D eigenvalue weighted by Gasteiger charge is 2.18. The summed E-state index contributed by atoms with van der Waals surface area (Å²) in [6, 6.07) is 5.29. The number of aromatic nitrogens is 1. The lowest BCUT2D eigenvalue weighted by molar-refractivity contribution is 0.581. The van der Waals surface area contributed by atoms with E-state index in [9.17, 15) is 4.39 Å². The second kappa shape index (κ2) is 4.84. The number of hydrogen-bond acceptors (Lipinski definition) is 3. The average molecular weight is 226 g/mol. The molecule has 0 aromatic carbocycles. The third-order valence-electron chi connectivity index (χ3n) is 2.57. The summed E-state index contributed by atoms with van der Waals surface area (Å²) in [7, 11) is 0. The van der Waals surface area contributed by atoms with E-state index in [1.165, 1.54) is 12.5 Å². The minimum absolute atomic E-state index is 0.420. The van der Waals surface area contributed by atoms with Gasteiger partial charge in [-0.1, -0.05) is 13.0 Å². The summed E-state index contributed by atoms with van der Waals surface area (Å²) < 4.78 is 12.8. The lowest BCUT2D eigenvalue weighted by atomic mass is 10.1. The maximum Gasteiger partial charge on any atom is 0.214 e. The first-order valence-corrected chi connectivity index (χ1v) is 6.29. The Morgan fingerprint density at radius 2 is 2.33 bits per heavy atom. The van der Waals surface area contributed by atoms with Crippen molar-refractivity contribution in [2.45, 2.75) is 31.1 Å². The fourth-order valence-electron chi connectivity index (χ4n) is 1.69. The van der Waals surface area contributed by atoms with E-state index < -0.39 is 5.95 Å². The summed E-state index contributed by atoms with van der Waals surface area (Å²) in [6.07, 6.45) is 2.37. The van der Waals surface area contributed by atoms with Crippen molar-refractivity contribution in [2.24, 2.45) is 0 Å². The fraction of sp³-hybridized carbons (Fsp3) is 0.545. The molecule has 0 bridgehead atoms. The third-order valence-corrected chi connectivity index (χ3v) is 3.97. The molecule has 1 saturated heterocycles. The highest BCUT2D eigenvalue weighted by atomic mass is 32.2. The van der Waals surface area contributed by atoms with Gasteiger partial charge in [0.15, 0.2) is 0 Å². The molecule has 1 aromatic heterocycles. The molecule has 0 aliphatic carbocycles. The van der Waals surface area contributed by atoms with E-state index in [1.54, 1.807) is 6.07 Å². The Balaban J connectivity index is 1.92. The zero-order valence-electron chi connectivity index (χ0n) is 8.74. The van der Waals surface area contributed by atoms with E-state index in [0.717, 1.165) is 17.4 Å². The normalized spacial score (nSPS) is 26.3. The molecule has 1 aliphatic heterocycles. The van der Waals surface area contributed by atoms with Crippen molar-refractivity contribution < 1.29 is 4.39 Å². The van der Waals surface area contributed by atoms with Crippen LogP contribution in [0.2, 0.25) is 0 Å². The fourth-order valence-corrected chi connectivity index (χ4v) is 2.81. The molecular weight excluding hydrogens is 211 g/mol. The van der Waals surface area contributed by atoms with Crippen LogP contribution >= 0.6 is 11.8 Å². The van der Waals surface area contributed by atoms with Crippen LogP contribution in [-0.4, -0.2) is 22.0 Å². The topological polar surface area (TPSA) is 24.9 Å². The van der Waals surface area contributed by atoms with Crippen molar-refractivity contribution in [1.82, 2.24) is 4.98 Å². The number of hydrogen-bond donors (Lipinski definition) is 1. The van der Waals surface area contributed by atoms with Gasteiger partial charge in [0.2, 0.25) is 5.95 Å². The Labute approximate surface area is 93.7 Å². The van der Waals surface area contributed by atoms with Gasteiger partial charge < -0.3 is 5.32 Å². The molecule has 0 amide bonds. The summed E-state index contributed by atoms with van der Waals surface area (Å²) in [5, 5.41) is 4.02. The van der Waals surface area contributed by atoms with Gasteiger partial charge in [-0.15, -0.1) is 0 Å². The van der Waals surface area contributed by atoms with Gasteiger partial charge in [0.1, 0.15) is 5.82 Å². The lowest BCUT2D eigenvalue weighted by Gasteiger charge is -2.26. The zero-order chi connectivity index (χ0) is 10.7. The molecule has 82 valence electrons. The molecular formula is C11H15FN2S. The highest BCUT2D eigenvalue weighted by molar-refractivity contribution is 7.99. The SMILES string of the molecule is CC1CCC(Nc2cccc(F)n2)CS1. The van der Waals surface area contributed by atoms with Crippen LogP contribution in [0.15, 0.2) is 18.2 Å². The van der Waals surface area contributed by atoms with E-state index >= 15 is 0 Å². The predicted molar refractivity (Wildman–Crippen MR) is 62.8 cm³/mol. The number of anilines is 1. The first-order chi connectivity index (χ1) is 7.24. The molecule has 4 heteroatoms. The molecule has 1 aromatic rings. The molecule has 2 atom stereocenters. The molecule has 0 saturated carbocycles. The van der Waals surface area contributed by atoms with Gasteiger partial charge in [0.05, 0.1) is 0 Å². The van der Waals surface area contributed by atoms with E-state index in [0.29, 0.717) is 11.9 Å². The summed E-state index contributed by atoms with van der Waals surface area (Å²) >= 11 is 1.97. The van der Waals surface area contributed by atoms with Crippen molar-refractivity contribution in [3.63, 3.8) is 0 Å². The molecule has 1 aliphatic rings. The standard InChI is InChI=1S/C11H15FN2S/c1-8-5-6-9(7-15-8)13-11-4-2-3-10(12)14-11/h2-4,8-9H,5-7H2,1H3,(H,13,14). The second-order valence-corrected chi connectivity index (χ2v) is 5.38. The minimum Gasteiger partial charge on any atom is -0.366 e. The van der Waals surface area contributed by atoms with Gasteiger partial charge in [-0.25, -0.2) is 4.98 Å². The third kappa shape index (κ3) is 3.09. The van der Waals surface area contributed by atoms with Crippen molar-refractivity contribution in [1.29, 1.82) is 0 Å². The van der Waals surface area contributed by atoms with Crippen LogP contribution in [0.25, 0.3) is 0 Å². The lowest BCUT2D eigenvalue weighted by Crippen LogP contribution is -2.28. The van der Waals surface area contributed by atoms with E-state index in [-0.39, 0.29) is 0 Å². The first-order valence-electron chi connectivity index (χ1n) is 5.25. The van der Waals surface area contributed by atoms with Crippen molar-refractivity contribution in [3.8, 4) is 0 Å². The quantitative estimate of drug-likeness (QED) is 0.785. The highest BCUT2D eigenvalue weighted by Crippen LogP contribution is 2.26. The van der Waals surface area contributed by atoms with Gasteiger partial charge in [-0.05, 0) is 25.0 Å². The van der Waals surface area contributed by atoms with Crippen LogP contribution in [0.1, 0.15) is 19.8 Å². The number of pyridine rings is 1. The molecule has 0 spiro atoms. The number of thioether (sulfide) groups is 1. The molecule has 1 N–H and O–H groups in total. The molecule has 0 radical (unpaired) electrons. The molecule has 1 fully saturated rings. The van der Waals surface area contributed by atoms with Gasteiger partial charge in [0, 0.05) is 17.0 Å². The zero-order valence-corrected chi connectivity index (χ0v) is 9.56. The summed E-state index contributed by atoms with van der Waals surface area (Å²) in [5.74, 6) is 1.31. The van der Waals surface area contributed by atoms with Gasteiger partial charge in [-0.3, -0.25) is 0 Å². The Bertz CT molecular complexity index is 324. The average Bonchev–Trinajstić information content (AvgIpc) is 2.22. The Morgan fingerprint density at radius 1 is 1.47 bits per heavy atom. The first kappa shape index (κ1) is 10.7. The second-order valence-electron chi connectivity index (χ2n) is 3.91. The van der Waals surface area contributed by atoms with E-state index in [4.69, 9.17) is 0 Å². The number of halogens is 1. The van der Waals surface area contributed by atoms with Crippen molar-refractivity contribution >= 4 is 17.6 Å². The maximum atomic E-state index is 12.8. The van der Waals surface area contributed by atoms with E-state index in [1.807, 2.05) is 17.8 Å². The van der Waals surface area contributed by atoms with Crippen LogP contribution in [0.4, 0.5) is 10.2 Å².